The number of nitro groups is 1. The third-order valence-corrected chi connectivity index (χ3v) is 3.00. The maximum atomic E-state index is 11.9. The highest BCUT2D eigenvalue weighted by atomic mass is 35.5. The van der Waals surface area contributed by atoms with Crippen molar-refractivity contribution < 1.29 is 9.72 Å². The van der Waals surface area contributed by atoms with E-state index in [2.05, 4.69) is 0 Å². The van der Waals surface area contributed by atoms with Crippen molar-refractivity contribution in [3.8, 4) is 0 Å². The van der Waals surface area contributed by atoms with Gasteiger partial charge in [-0.15, -0.1) is 0 Å². The average Bonchev–Trinajstić information content (AvgIpc) is 2.45. The van der Waals surface area contributed by atoms with Crippen LogP contribution in [0.4, 0.5) is 5.69 Å². The Balaban J connectivity index is 2.15. The number of benzene rings is 2. The largest absolute Gasteiger partial charge is 0.289 e. The molecule has 4 nitrogen and oxygen atoms in total. The summed E-state index contributed by atoms with van der Waals surface area (Å²) in [6, 6.07) is 12.7. The molecule has 0 atom stereocenters. The fraction of sp³-hybridized carbons (Fsp3) is 0. The van der Waals surface area contributed by atoms with Crippen LogP contribution in [0.3, 0.4) is 0 Å². The van der Waals surface area contributed by atoms with Crippen LogP contribution < -0.4 is 0 Å². The normalized spacial score (nSPS) is 10.7. The molecule has 0 saturated carbocycles. The molecule has 0 amide bonds. The maximum absolute atomic E-state index is 11.9. The van der Waals surface area contributed by atoms with E-state index in [0.29, 0.717) is 16.1 Å². The van der Waals surface area contributed by atoms with Crippen LogP contribution in [0.15, 0.2) is 54.6 Å². The Hall–Kier alpha value is -2.46. The minimum atomic E-state index is -0.470. The van der Waals surface area contributed by atoms with E-state index in [0.717, 1.165) is 0 Å². The molecular formula is C15H10ClNO3. The predicted molar refractivity (Wildman–Crippen MR) is 77.9 cm³/mol. The molecule has 2 aromatic rings. The van der Waals surface area contributed by atoms with Gasteiger partial charge in [-0.05, 0) is 35.9 Å². The van der Waals surface area contributed by atoms with Gasteiger partial charge in [0.05, 0.1) is 9.95 Å². The number of halogens is 1. The molecular weight excluding hydrogens is 278 g/mol. The summed E-state index contributed by atoms with van der Waals surface area (Å²) >= 11 is 5.93. The topological polar surface area (TPSA) is 60.2 Å². The Bertz CT molecular complexity index is 678. The van der Waals surface area contributed by atoms with Crippen LogP contribution in [-0.2, 0) is 0 Å². The third-order valence-electron chi connectivity index (χ3n) is 2.67. The number of rotatable bonds is 4. The van der Waals surface area contributed by atoms with Gasteiger partial charge in [-0.1, -0.05) is 29.8 Å². The molecule has 0 bridgehead atoms. The van der Waals surface area contributed by atoms with E-state index in [4.69, 9.17) is 11.6 Å². The minimum Gasteiger partial charge on any atom is -0.289 e. The Morgan fingerprint density at radius 1 is 1.10 bits per heavy atom. The van der Waals surface area contributed by atoms with Gasteiger partial charge in [0, 0.05) is 17.7 Å². The van der Waals surface area contributed by atoms with E-state index in [1.807, 2.05) is 0 Å². The first-order chi connectivity index (χ1) is 9.58. The molecule has 0 heterocycles. The number of hydrogen-bond donors (Lipinski definition) is 0. The lowest BCUT2D eigenvalue weighted by atomic mass is 10.1. The summed E-state index contributed by atoms with van der Waals surface area (Å²) in [7, 11) is 0. The molecule has 0 aliphatic heterocycles. The summed E-state index contributed by atoms with van der Waals surface area (Å²) in [5.41, 5.74) is 1.14. The summed E-state index contributed by atoms with van der Waals surface area (Å²) < 4.78 is 0. The first kappa shape index (κ1) is 14.0. The highest BCUT2D eigenvalue weighted by Crippen LogP contribution is 2.17. The highest BCUT2D eigenvalue weighted by molar-refractivity contribution is 6.34. The van der Waals surface area contributed by atoms with Gasteiger partial charge in [0.15, 0.2) is 5.78 Å². The molecule has 2 rings (SSSR count). The molecule has 0 N–H and O–H groups in total. The Labute approximate surface area is 120 Å². The third kappa shape index (κ3) is 3.30. The molecule has 0 fully saturated rings. The Morgan fingerprint density at radius 2 is 1.75 bits per heavy atom. The zero-order valence-corrected chi connectivity index (χ0v) is 11.1. The lowest BCUT2D eigenvalue weighted by Crippen LogP contribution is -1.94. The quantitative estimate of drug-likeness (QED) is 0.367. The van der Waals surface area contributed by atoms with Crippen molar-refractivity contribution >= 4 is 29.1 Å². The molecule has 0 aliphatic rings. The number of nitro benzene ring substituents is 1. The van der Waals surface area contributed by atoms with Crippen molar-refractivity contribution in [3.05, 3.63) is 80.9 Å². The Morgan fingerprint density at radius 3 is 2.35 bits per heavy atom. The van der Waals surface area contributed by atoms with E-state index >= 15 is 0 Å². The smallest absolute Gasteiger partial charge is 0.269 e. The van der Waals surface area contributed by atoms with Crippen molar-refractivity contribution in [2.75, 3.05) is 0 Å². The van der Waals surface area contributed by atoms with Gasteiger partial charge in [0.25, 0.3) is 5.69 Å². The average molecular weight is 288 g/mol. The summed E-state index contributed by atoms with van der Waals surface area (Å²) in [4.78, 5) is 22.0. The van der Waals surface area contributed by atoms with Crippen LogP contribution in [0, 0.1) is 10.1 Å². The van der Waals surface area contributed by atoms with Crippen molar-refractivity contribution in [1.82, 2.24) is 0 Å². The summed E-state index contributed by atoms with van der Waals surface area (Å²) in [5, 5.41) is 10.9. The van der Waals surface area contributed by atoms with Crippen molar-refractivity contribution in [2.45, 2.75) is 0 Å². The fourth-order valence-electron chi connectivity index (χ4n) is 1.63. The van der Waals surface area contributed by atoms with Crippen LogP contribution in [0.5, 0.6) is 0 Å². The van der Waals surface area contributed by atoms with E-state index in [1.54, 1.807) is 42.5 Å². The highest BCUT2D eigenvalue weighted by Gasteiger charge is 2.06. The minimum absolute atomic E-state index is 0.0135. The van der Waals surface area contributed by atoms with E-state index < -0.39 is 4.92 Å². The van der Waals surface area contributed by atoms with Gasteiger partial charge in [0.2, 0.25) is 0 Å². The zero-order valence-electron chi connectivity index (χ0n) is 10.3. The maximum Gasteiger partial charge on any atom is 0.269 e. The van der Waals surface area contributed by atoms with Crippen LogP contribution >= 0.6 is 11.6 Å². The van der Waals surface area contributed by atoms with Gasteiger partial charge in [-0.25, -0.2) is 0 Å². The van der Waals surface area contributed by atoms with Gasteiger partial charge in [-0.3, -0.25) is 14.9 Å². The number of nitrogens with zero attached hydrogens (tertiary/aromatic N) is 1. The molecule has 0 spiro atoms. The number of ketones is 1. The van der Waals surface area contributed by atoms with Crippen LogP contribution in [-0.4, -0.2) is 10.7 Å². The molecule has 20 heavy (non-hydrogen) atoms. The van der Waals surface area contributed by atoms with Crippen molar-refractivity contribution in [2.24, 2.45) is 0 Å². The van der Waals surface area contributed by atoms with Gasteiger partial charge in [0.1, 0.15) is 0 Å². The molecule has 0 unspecified atom stereocenters. The second kappa shape index (κ2) is 6.12. The van der Waals surface area contributed by atoms with Crippen LogP contribution in [0.1, 0.15) is 15.9 Å². The fourth-order valence-corrected chi connectivity index (χ4v) is 1.86. The van der Waals surface area contributed by atoms with Crippen molar-refractivity contribution in [3.63, 3.8) is 0 Å². The van der Waals surface area contributed by atoms with Gasteiger partial charge >= 0.3 is 0 Å². The van der Waals surface area contributed by atoms with Crippen LogP contribution in [0.25, 0.3) is 6.08 Å². The number of carbonyl (C=O) groups is 1. The molecule has 100 valence electrons. The number of carbonyl (C=O) groups excluding carboxylic acids is 1. The molecule has 0 aromatic heterocycles. The van der Waals surface area contributed by atoms with Gasteiger partial charge in [-0.2, -0.15) is 0 Å². The van der Waals surface area contributed by atoms with Crippen LogP contribution in [0.2, 0.25) is 5.02 Å². The number of allylic oxidation sites excluding steroid dienone is 1. The second-order valence-corrected chi connectivity index (χ2v) is 4.43. The molecule has 0 aliphatic carbocycles. The lowest BCUT2D eigenvalue weighted by molar-refractivity contribution is -0.384. The molecule has 0 radical (unpaired) electrons. The van der Waals surface area contributed by atoms with E-state index in [1.165, 1.54) is 18.2 Å². The molecule has 0 saturated heterocycles. The summed E-state index contributed by atoms with van der Waals surface area (Å²) in [5.74, 6) is -0.214. The number of non-ortho nitro benzene ring substituents is 1. The first-order valence-electron chi connectivity index (χ1n) is 5.79. The molecule has 2 aromatic carbocycles. The van der Waals surface area contributed by atoms with E-state index in [9.17, 15) is 14.9 Å². The zero-order chi connectivity index (χ0) is 14.5. The predicted octanol–water partition coefficient (Wildman–Crippen LogP) is 4.14. The first-order valence-corrected chi connectivity index (χ1v) is 6.17. The lowest BCUT2D eigenvalue weighted by Gasteiger charge is -1.98. The number of hydrogen-bond acceptors (Lipinski definition) is 3. The SMILES string of the molecule is O=C(C=Cc1ccc([N+](=O)[O-])cc1)c1ccccc1Cl. The Kier molecular flexibility index (Phi) is 4.27. The standard InChI is InChI=1S/C15H10ClNO3/c16-14-4-2-1-3-13(14)15(18)10-7-11-5-8-12(9-6-11)17(19)20/h1-10H. The van der Waals surface area contributed by atoms with Crippen molar-refractivity contribution in [1.29, 1.82) is 0 Å². The van der Waals surface area contributed by atoms with Gasteiger partial charge < -0.3 is 0 Å². The van der Waals surface area contributed by atoms with E-state index in [-0.39, 0.29) is 11.5 Å². The monoisotopic (exact) mass is 287 g/mol. The summed E-state index contributed by atoms with van der Waals surface area (Å²) in [6.45, 7) is 0. The second-order valence-electron chi connectivity index (χ2n) is 4.03. The molecule has 5 heteroatoms. The summed E-state index contributed by atoms with van der Waals surface area (Å²) in [6.07, 6.45) is 2.98.